The van der Waals surface area contributed by atoms with Gasteiger partial charge in [0.25, 0.3) is 0 Å². The van der Waals surface area contributed by atoms with Crippen molar-refractivity contribution in [2.45, 2.75) is 45.1 Å². The minimum absolute atomic E-state index is 0.0717. The van der Waals surface area contributed by atoms with E-state index < -0.39 is 18.1 Å². The molecule has 172 valence electrons. The normalized spacial score (nSPS) is 13.8. The van der Waals surface area contributed by atoms with E-state index in [1.807, 2.05) is 36.4 Å². The molecule has 1 aliphatic carbocycles. The van der Waals surface area contributed by atoms with Crippen LogP contribution in [0.5, 0.6) is 0 Å². The molecule has 0 radical (unpaired) electrons. The minimum atomic E-state index is -1.08. The topological polar surface area (TPSA) is 66.8 Å². The Morgan fingerprint density at radius 1 is 1.00 bits per heavy atom. The third-order valence-electron chi connectivity index (χ3n) is 6.09. The van der Waals surface area contributed by atoms with Gasteiger partial charge < -0.3 is 9.84 Å². The Kier molecular flexibility index (Phi) is 6.30. The highest BCUT2D eigenvalue weighted by molar-refractivity contribution is 7.12. The Morgan fingerprint density at radius 3 is 2.06 bits per heavy atom. The molecular formula is C27H29NO4S. The number of carbonyl (C=O) groups is 2. The lowest BCUT2D eigenvalue weighted by atomic mass is 9.95. The van der Waals surface area contributed by atoms with Crippen LogP contribution in [0.4, 0.5) is 4.79 Å². The molecule has 0 bridgehead atoms. The Labute approximate surface area is 198 Å². The van der Waals surface area contributed by atoms with Crippen molar-refractivity contribution in [1.29, 1.82) is 0 Å². The predicted molar refractivity (Wildman–Crippen MR) is 131 cm³/mol. The van der Waals surface area contributed by atoms with Crippen molar-refractivity contribution >= 4 is 23.4 Å². The number of thiophene rings is 1. The quantitative estimate of drug-likeness (QED) is 0.457. The van der Waals surface area contributed by atoms with E-state index in [1.165, 1.54) is 16.2 Å². The number of fused-ring (bicyclic) bond motifs is 3. The molecule has 5 nitrogen and oxygen atoms in total. The van der Waals surface area contributed by atoms with Gasteiger partial charge in [0.1, 0.15) is 6.61 Å². The van der Waals surface area contributed by atoms with E-state index in [-0.39, 0.29) is 24.5 Å². The Balaban J connectivity index is 1.56. The van der Waals surface area contributed by atoms with Crippen molar-refractivity contribution < 1.29 is 19.4 Å². The average molecular weight is 464 g/mol. The summed E-state index contributed by atoms with van der Waals surface area (Å²) < 4.78 is 5.75. The molecule has 0 fully saturated rings. The number of benzene rings is 2. The SMILES string of the molecule is CCN(C(=O)OCC1c2ccccc2-c2ccccc21)C(C(=O)O)c1ccc(C(C)(C)C)s1. The van der Waals surface area contributed by atoms with E-state index in [9.17, 15) is 14.7 Å². The number of ether oxygens (including phenoxy) is 1. The van der Waals surface area contributed by atoms with E-state index in [1.54, 1.807) is 6.92 Å². The van der Waals surface area contributed by atoms with E-state index >= 15 is 0 Å². The molecule has 1 aliphatic rings. The number of likely N-dealkylation sites (N-methyl/N-ethyl adjacent to an activating group) is 1. The van der Waals surface area contributed by atoms with Crippen LogP contribution in [0, 0.1) is 0 Å². The van der Waals surface area contributed by atoms with Crippen LogP contribution in [0.25, 0.3) is 11.1 Å². The van der Waals surface area contributed by atoms with Crippen molar-refractivity contribution in [2.24, 2.45) is 0 Å². The second-order valence-electron chi connectivity index (χ2n) is 9.28. The summed E-state index contributed by atoms with van der Waals surface area (Å²) in [6, 6.07) is 19.0. The van der Waals surface area contributed by atoms with Gasteiger partial charge in [-0.15, -0.1) is 11.3 Å². The number of hydrogen-bond donors (Lipinski definition) is 1. The van der Waals surface area contributed by atoms with Crippen molar-refractivity contribution in [2.75, 3.05) is 13.2 Å². The molecule has 1 aromatic heterocycles. The van der Waals surface area contributed by atoms with Gasteiger partial charge in [-0.2, -0.15) is 0 Å². The summed E-state index contributed by atoms with van der Waals surface area (Å²) in [5.74, 6) is -1.13. The second-order valence-corrected chi connectivity index (χ2v) is 10.4. The zero-order valence-corrected chi connectivity index (χ0v) is 20.2. The fourth-order valence-electron chi connectivity index (χ4n) is 4.41. The van der Waals surface area contributed by atoms with Crippen LogP contribution >= 0.6 is 11.3 Å². The molecule has 0 saturated carbocycles. The third-order valence-corrected chi connectivity index (χ3v) is 7.66. The standard InChI is InChI=1S/C27H29NO4S/c1-5-28(24(25(29)30)22-14-15-23(33-22)27(2,3)4)26(31)32-16-21-19-12-8-6-10-17(19)18-11-7-9-13-20(18)21/h6-15,21,24H,5,16H2,1-4H3,(H,29,30). The summed E-state index contributed by atoms with van der Waals surface area (Å²) in [5.41, 5.74) is 4.46. The molecule has 1 amide bonds. The molecule has 6 heteroatoms. The van der Waals surface area contributed by atoms with Gasteiger partial charge in [0, 0.05) is 22.2 Å². The van der Waals surface area contributed by atoms with Crippen molar-refractivity contribution in [1.82, 2.24) is 4.90 Å². The largest absolute Gasteiger partial charge is 0.479 e. The zero-order valence-electron chi connectivity index (χ0n) is 19.4. The third kappa shape index (κ3) is 4.40. The summed E-state index contributed by atoms with van der Waals surface area (Å²) in [5, 5.41) is 9.99. The number of carboxylic acid groups (broad SMARTS) is 1. The highest BCUT2D eigenvalue weighted by Crippen LogP contribution is 2.44. The van der Waals surface area contributed by atoms with Gasteiger partial charge in [-0.3, -0.25) is 4.90 Å². The van der Waals surface area contributed by atoms with Gasteiger partial charge in [0.05, 0.1) is 0 Å². The van der Waals surface area contributed by atoms with Crippen molar-refractivity contribution in [3.63, 3.8) is 0 Å². The van der Waals surface area contributed by atoms with Crippen molar-refractivity contribution in [3.8, 4) is 11.1 Å². The van der Waals surface area contributed by atoms with Crippen LogP contribution in [0.15, 0.2) is 60.7 Å². The molecule has 0 saturated heterocycles. The Hall–Kier alpha value is -3.12. The molecule has 1 heterocycles. The van der Waals surface area contributed by atoms with E-state index in [0.29, 0.717) is 4.88 Å². The molecule has 1 unspecified atom stereocenters. The second kappa shape index (κ2) is 9.02. The summed E-state index contributed by atoms with van der Waals surface area (Å²) in [7, 11) is 0. The molecule has 1 N–H and O–H groups in total. The lowest BCUT2D eigenvalue weighted by Gasteiger charge is -2.27. The first-order chi connectivity index (χ1) is 15.7. The van der Waals surface area contributed by atoms with Crippen molar-refractivity contribution in [3.05, 3.63) is 81.5 Å². The van der Waals surface area contributed by atoms with Crippen LogP contribution in [0.2, 0.25) is 0 Å². The smallest absolute Gasteiger partial charge is 0.410 e. The van der Waals surface area contributed by atoms with Gasteiger partial charge in [-0.05, 0) is 46.7 Å². The predicted octanol–water partition coefficient (Wildman–Crippen LogP) is 6.44. The molecule has 4 rings (SSSR count). The summed E-state index contributed by atoms with van der Waals surface area (Å²) >= 11 is 1.43. The number of hydrogen-bond acceptors (Lipinski definition) is 4. The molecule has 0 spiro atoms. The lowest BCUT2D eigenvalue weighted by molar-refractivity contribution is -0.142. The number of nitrogens with zero attached hydrogens (tertiary/aromatic N) is 1. The lowest BCUT2D eigenvalue weighted by Crippen LogP contribution is -2.39. The first kappa shape index (κ1) is 23.1. The van der Waals surface area contributed by atoms with Gasteiger partial charge in [-0.1, -0.05) is 69.3 Å². The van der Waals surface area contributed by atoms with Gasteiger partial charge >= 0.3 is 12.1 Å². The molecule has 33 heavy (non-hydrogen) atoms. The van der Waals surface area contributed by atoms with Crippen LogP contribution < -0.4 is 0 Å². The molecular weight excluding hydrogens is 434 g/mol. The van der Waals surface area contributed by atoms with Crippen LogP contribution in [-0.4, -0.2) is 35.2 Å². The minimum Gasteiger partial charge on any atom is -0.479 e. The van der Waals surface area contributed by atoms with E-state index in [2.05, 4.69) is 45.0 Å². The summed E-state index contributed by atoms with van der Waals surface area (Å²) in [6.07, 6.45) is -0.613. The first-order valence-electron chi connectivity index (χ1n) is 11.2. The Bertz CT molecular complexity index is 1130. The maximum Gasteiger partial charge on any atom is 0.410 e. The summed E-state index contributed by atoms with van der Waals surface area (Å²) in [4.78, 5) is 28.3. The van der Waals surface area contributed by atoms with Gasteiger partial charge in [0.15, 0.2) is 6.04 Å². The van der Waals surface area contributed by atoms with E-state index in [4.69, 9.17) is 4.74 Å². The van der Waals surface area contributed by atoms with E-state index in [0.717, 1.165) is 27.1 Å². The number of rotatable bonds is 6. The van der Waals surface area contributed by atoms with Crippen LogP contribution in [0.1, 0.15) is 60.5 Å². The number of carbonyl (C=O) groups excluding carboxylic acids is 1. The first-order valence-corrected chi connectivity index (χ1v) is 12.0. The highest BCUT2D eigenvalue weighted by Gasteiger charge is 2.35. The number of amides is 1. The number of carboxylic acids is 1. The maximum atomic E-state index is 13.1. The molecule has 1 atom stereocenters. The maximum absolute atomic E-state index is 13.1. The molecule has 0 aliphatic heterocycles. The zero-order chi connectivity index (χ0) is 23.8. The van der Waals surface area contributed by atoms with Gasteiger partial charge in [0.2, 0.25) is 0 Å². The fraction of sp³-hybridized carbons (Fsp3) is 0.333. The molecule has 2 aromatic carbocycles. The number of aliphatic carboxylic acids is 1. The fourth-order valence-corrected chi connectivity index (χ4v) is 5.58. The summed E-state index contributed by atoms with van der Waals surface area (Å²) in [6.45, 7) is 8.42. The van der Waals surface area contributed by atoms with Crippen LogP contribution in [0.3, 0.4) is 0 Å². The Morgan fingerprint density at radius 2 is 1.58 bits per heavy atom. The monoisotopic (exact) mass is 463 g/mol. The van der Waals surface area contributed by atoms with Gasteiger partial charge in [-0.25, -0.2) is 9.59 Å². The van der Waals surface area contributed by atoms with Crippen LogP contribution in [-0.2, 0) is 14.9 Å². The molecule has 3 aromatic rings. The highest BCUT2D eigenvalue weighted by atomic mass is 32.1. The average Bonchev–Trinajstić information content (AvgIpc) is 3.39.